The molecule has 0 spiro atoms. The van der Waals surface area contributed by atoms with E-state index in [1.165, 1.54) is 0 Å². The van der Waals surface area contributed by atoms with Crippen LogP contribution < -0.4 is 5.73 Å². The van der Waals surface area contributed by atoms with Crippen molar-refractivity contribution in [2.45, 2.75) is 19.4 Å². The lowest BCUT2D eigenvalue weighted by Crippen LogP contribution is -2.28. The van der Waals surface area contributed by atoms with E-state index in [-0.39, 0.29) is 0 Å². The zero-order valence-electron chi connectivity index (χ0n) is 5.89. The lowest BCUT2D eigenvalue weighted by molar-refractivity contribution is -0.138. The minimum absolute atomic E-state index is 0.495. The van der Waals surface area contributed by atoms with Crippen molar-refractivity contribution in [2.75, 3.05) is 0 Å². The van der Waals surface area contributed by atoms with E-state index in [0.717, 1.165) is 0 Å². The Morgan fingerprint density at radius 3 is 2.09 bits per heavy atom. The van der Waals surface area contributed by atoms with Crippen molar-refractivity contribution in [3.8, 4) is 0 Å². The Labute approximate surface area is 66.5 Å². The number of carboxylic acids is 1. The van der Waals surface area contributed by atoms with Crippen molar-refractivity contribution in [2.24, 2.45) is 5.73 Å². The van der Waals surface area contributed by atoms with Gasteiger partial charge in [0, 0.05) is 0 Å². The predicted octanol–water partition coefficient (Wildman–Crippen LogP) is -0.853. The summed E-state index contributed by atoms with van der Waals surface area (Å²) in [5.41, 5.74) is 5.02. The molecule has 0 aromatic heterocycles. The van der Waals surface area contributed by atoms with Crippen molar-refractivity contribution in [1.29, 1.82) is 0 Å². The van der Waals surface area contributed by atoms with Gasteiger partial charge < -0.3 is 19.9 Å². The molecule has 0 radical (unpaired) electrons. The van der Waals surface area contributed by atoms with Crippen LogP contribution in [0.15, 0.2) is 0 Å². The molecule has 0 rings (SSSR count). The molecule has 2 unspecified atom stereocenters. The van der Waals surface area contributed by atoms with Crippen LogP contribution in [0.4, 0.5) is 0 Å². The number of carbonyl (C=O) groups is 1. The van der Waals surface area contributed by atoms with E-state index in [1.54, 1.807) is 6.92 Å². The third-order valence-corrected chi connectivity index (χ3v) is 0.757. The van der Waals surface area contributed by atoms with Gasteiger partial charge in [-0.2, -0.15) is 0 Å². The lowest BCUT2D eigenvalue weighted by atomic mass is 10.2. The molecule has 0 aliphatic carbocycles. The zero-order chi connectivity index (χ0) is 9.44. The minimum atomic E-state index is -2.86. The van der Waals surface area contributed by atoms with Crippen molar-refractivity contribution in [1.82, 2.24) is 0 Å². The summed E-state index contributed by atoms with van der Waals surface area (Å²) >= 11 is -2.86. The van der Waals surface area contributed by atoms with Crippen LogP contribution in [0.25, 0.3) is 0 Å². The molecule has 2 atom stereocenters. The van der Waals surface area contributed by atoms with E-state index in [2.05, 4.69) is 0 Å². The number of hydrogen-bond donors (Lipinski definition) is 3. The molecule has 6 nitrogen and oxygen atoms in total. The average molecular weight is 184 g/mol. The van der Waals surface area contributed by atoms with Crippen LogP contribution in [0.3, 0.4) is 0 Å². The number of hydrogen-bond acceptors (Lipinski definition) is 4. The van der Waals surface area contributed by atoms with Gasteiger partial charge >= 0.3 is 5.97 Å². The van der Waals surface area contributed by atoms with Crippen LogP contribution in [0.1, 0.15) is 13.3 Å². The summed E-state index contributed by atoms with van der Waals surface area (Å²) in [4.78, 5) is 9.81. The third-order valence-electron chi connectivity index (χ3n) is 0.757. The topological polar surface area (TPSA) is 124 Å². The van der Waals surface area contributed by atoms with Gasteiger partial charge in [-0.3, -0.25) is 4.79 Å². The minimum Gasteiger partial charge on any atom is -0.750 e. The number of carboxylic acid groups (broad SMARTS) is 1. The van der Waals surface area contributed by atoms with Gasteiger partial charge in [0.05, 0.1) is 11.4 Å². The fourth-order valence-corrected chi connectivity index (χ4v) is 0.175. The summed E-state index contributed by atoms with van der Waals surface area (Å²) in [6, 6.07) is -0.681. The highest BCUT2D eigenvalue weighted by Gasteiger charge is 2.05. The van der Waals surface area contributed by atoms with E-state index < -0.39 is 23.4 Å². The molecule has 0 saturated carbocycles. The summed E-state index contributed by atoms with van der Waals surface area (Å²) in [7, 11) is 0. The maximum atomic E-state index is 9.81. The summed E-state index contributed by atoms with van der Waals surface area (Å²) in [6.45, 7) is 1.73. The van der Waals surface area contributed by atoms with Crippen LogP contribution in [0.2, 0.25) is 0 Å². The standard InChI is InChI=1S/C4H9NO2.H2O3S/c1-2-3(5)4(6)7;1-4(2)3/h3H,2,5H2,1H3,(H,6,7);(H2,1,2,3)/p-1. The second kappa shape index (κ2) is 7.61. The first-order valence-electron chi connectivity index (χ1n) is 2.68. The molecule has 0 heterocycles. The van der Waals surface area contributed by atoms with Crippen molar-refractivity contribution in [3.05, 3.63) is 0 Å². The largest absolute Gasteiger partial charge is 0.750 e. The van der Waals surface area contributed by atoms with Crippen molar-refractivity contribution < 1.29 is 23.2 Å². The van der Waals surface area contributed by atoms with Gasteiger partial charge in [0.1, 0.15) is 6.04 Å². The van der Waals surface area contributed by atoms with E-state index in [1.807, 2.05) is 0 Å². The molecule has 0 bridgehead atoms. The van der Waals surface area contributed by atoms with Gasteiger partial charge in [0.25, 0.3) is 0 Å². The van der Waals surface area contributed by atoms with Crippen LogP contribution in [-0.2, 0) is 16.2 Å². The maximum Gasteiger partial charge on any atom is 0.320 e. The number of rotatable bonds is 2. The van der Waals surface area contributed by atoms with Gasteiger partial charge in [0.2, 0.25) is 0 Å². The predicted molar refractivity (Wildman–Crippen MR) is 37.5 cm³/mol. The lowest BCUT2D eigenvalue weighted by Gasteiger charge is -1.97. The second-order valence-corrected chi connectivity index (χ2v) is 2.00. The summed E-state index contributed by atoms with van der Waals surface area (Å²) in [5, 5.41) is 8.06. The first kappa shape index (κ1) is 13.1. The zero-order valence-corrected chi connectivity index (χ0v) is 6.71. The first-order valence-corrected chi connectivity index (χ1v) is 3.71. The highest BCUT2D eigenvalue weighted by atomic mass is 32.2. The first-order chi connectivity index (χ1) is 4.91. The Hall–Kier alpha value is -0.500. The molecule has 0 aromatic carbocycles. The molecule has 0 amide bonds. The highest BCUT2D eigenvalue weighted by Crippen LogP contribution is 1.82. The number of nitrogens with two attached hydrogens (primary N) is 1. The van der Waals surface area contributed by atoms with Gasteiger partial charge in [0.15, 0.2) is 0 Å². The highest BCUT2D eigenvalue weighted by molar-refractivity contribution is 7.73. The summed E-state index contributed by atoms with van der Waals surface area (Å²) in [6.07, 6.45) is 0.495. The van der Waals surface area contributed by atoms with Gasteiger partial charge in [-0.15, -0.1) is 0 Å². The molecule has 0 aliphatic rings. The second-order valence-electron chi connectivity index (χ2n) is 1.57. The normalized spacial score (nSPS) is 14.2. The molecule has 0 saturated heterocycles. The molecule has 68 valence electrons. The Kier molecular flexibility index (Phi) is 9.07. The van der Waals surface area contributed by atoms with Gasteiger partial charge in [-0.05, 0) is 6.42 Å². The third kappa shape index (κ3) is 17.7. The quantitative estimate of drug-likeness (QED) is 0.480. The van der Waals surface area contributed by atoms with Crippen LogP contribution in [0.5, 0.6) is 0 Å². The summed E-state index contributed by atoms with van der Waals surface area (Å²) in [5.74, 6) is -0.928. The van der Waals surface area contributed by atoms with E-state index in [4.69, 9.17) is 24.2 Å². The fourth-order valence-electron chi connectivity index (χ4n) is 0.175. The van der Waals surface area contributed by atoms with Gasteiger partial charge in [-0.25, -0.2) is 4.21 Å². The van der Waals surface area contributed by atoms with Gasteiger partial charge in [-0.1, -0.05) is 6.92 Å². The molecular formula is C4H10NO5S-. The smallest absolute Gasteiger partial charge is 0.320 e. The molecule has 0 aliphatic heterocycles. The van der Waals surface area contributed by atoms with Crippen LogP contribution in [0, 0.1) is 0 Å². The Bertz CT molecular complexity index is 134. The van der Waals surface area contributed by atoms with Crippen LogP contribution >= 0.6 is 0 Å². The van der Waals surface area contributed by atoms with Crippen molar-refractivity contribution in [3.63, 3.8) is 0 Å². The fraction of sp³-hybridized carbons (Fsp3) is 0.750. The molecular weight excluding hydrogens is 174 g/mol. The SMILES string of the molecule is CCC(N)C(=O)O.O=S([O-])O. The molecule has 0 fully saturated rings. The number of aliphatic carboxylic acids is 1. The Morgan fingerprint density at radius 1 is 1.82 bits per heavy atom. The maximum absolute atomic E-state index is 9.81. The van der Waals surface area contributed by atoms with E-state index in [0.29, 0.717) is 6.42 Å². The molecule has 11 heavy (non-hydrogen) atoms. The summed E-state index contributed by atoms with van der Waals surface area (Å²) < 4.78 is 24.1. The van der Waals surface area contributed by atoms with E-state index >= 15 is 0 Å². The Balaban J connectivity index is 0. The molecule has 7 heteroatoms. The molecule has 0 aromatic rings. The van der Waals surface area contributed by atoms with E-state index in [9.17, 15) is 4.79 Å². The average Bonchev–Trinajstić information content (AvgIpc) is 1.85. The molecule has 4 N–H and O–H groups in total. The van der Waals surface area contributed by atoms with Crippen LogP contribution in [-0.4, -0.2) is 30.4 Å². The van der Waals surface area contributed by atoms with Crippen molar-refractivity contribution >= 4 is 17.3 Å². The monoisotopic (exact) mass is 184 g/mol. The Morgan fingerprint density at radius 2 is 2.09 bits per heavy atom.